The van der Waals surface area contributed by atoms with Gasteiger partial charge in [0, 0.05) is 123 Å². The first-order chi connectivity index (χ1) is 49.2. The zero-order valence-corrected chi connectivity index (χ0v) is 64.1. The molecule has 6 aromatic rings. The number of nitrogens with zero attached hydrogens (tertiary/aromatic N) is 6. The van der Waals surface area contributed by atoms with Crippen LogP contribution < -0.4 is 47.3 Å². The van der Waals surface area contributed by atoms with Gasteiger partial charge in [-0.1, -0.05) is 31.3 Å². The maximum atomic E-state index is 15.7. The quantitative estimate of drug-likeness (QED) is 0.0648. The Labute approximate surface area is 618 Å². The average Bonchev–Trinajstić information content (AvgIpc) is 1.73. The second-order valence-corrected chi connectivity index (χ2v) is 32.4. The maximum Gasteiger partial charge on any atom is 0.486 e. The summed E-state index contributed by atoms with van der Waals surface area (Å²) in [5.41, 5.74) is 4.89. The highest BCUT2D eigenvalue weighted by Crippen LogP contribution is 2.47. The van der Waals surface area contributed by atoms with Crippen molar-refractivity contribution < 1.29 is 59.5 Å². The van der Waals surface area contributed by atoms with Crippen molar-refractivity contribution in [1.29, 1.82) is 0 Å². The molecule has 3 N–H and O–H groups in total. The van der Waals surface area contributed by atoms with Crippen molar-refractivity contribution in [3.8, 4) is 0 Å². The van der Waals surface area contributed by atoms with Gasteiger partial charge in [0.05, 0.1) is 49.3 Å². The summed E-state index contributed by atoms with van der Waals surface area (Å²) in [6, 6.07) is 10.0. The average molecular weight is 1530 g/mol. The van der Waals surface area contributed by atoms with E-state index in [0.29, 0.717) is 108 Å². The van der Waals surface area contributed by atoms with Crippen molar-refractivity contribution in [1.82, 2.24) is 29.7 Å². The minimum atomic E-state index is -4.93. The van der Waals surface area contributed by atoms with Crippen LogP contribution >= 0.6 is 15.9 Å². The Hall–Kier alpha value is -8.04. The summed E-state index contributed by atoms with van der Waals surface area (Å²) in [6.07, 6.45) is 5.03. The number of anilines is 3. The number of pyridine rings is 3. The number of nitrogens with one attached hydrogen (secondary N) is 3. The molecule has 19 nitrogen and oxygen atoms in total. The molecular weight excluding hydrogens is 1430 g/mol. The molecule has 3 amide bonds. The normalized spacial score (nSPS) is 19.9. The number of carbonyl (C=O) groups excluding carboxylic acids is 3. The van der Waals surface area contributed by atoms with Crippen LogP contribution in [0.4, 0.5) is 53.0 Å². The van der Waals surface area contributed by atoms with E-state index in [1.54, 1.807) is 46.6 Å². The number of ether oxygens (including phenoxy) is 2. The molecule has 7 fully saturated rings. The number of alkyl carbamates (subject to hydrolysis) is 2. The minimum absolute atomic E-state index is 0.0385. The van der Waals surface area contributed by atoms with E-state index in [4.69, 9.17) is 18.8 Å². The number of halogens is 7. The number of aromatic nitrogens is 3. The highest BCUT2D eigenvalue weighted by molar-refractivity contribution is 9.10. The van der Waals surface area contributed by atoms with Crippen molar-refractivity contribution in [2.45, 2.75) is 195 Å². The van der Waals surface area contributed by atoms with E-state index in [1.807, 2.05) is 107 Å². The van der Waals surface area contributed by atoms with Crippen molar-refractivity contribution >= 4 is 103 Å². The van der Waals surface area contributed by atoms with Crippen LogP contribution in [0.5, 0.6) is 0 Å². The second kappa shape index (κ2) is 31.0. The number of aryl methyl sites for hydroxylation is 3. The van der Waals surface area contributed by atoms with Gasteiger partial charge in [0.15, 0.2) is 17.5 Å². The first kappa shape index (κ1) is 79.5. The summed E-state index contributed by atoms with van der Waals surface area (Å²) in [5.74, 6) is -1.21. The topological polar surface area (TPSA) is 200 Å². The van der Waals surface area contributed by atoms with Crippen LogP contribution in [0.15, 0.2) is 81.0 Å². The molecule has 105 heavy (non-hydrogen) atoms. The number of fused-ring (bicyclic) bond motifs is 3. The van der Waals surface area contributed by atoms with Gasteiger partial charge in [0.25, 0.3) is 16.7 Å². The van der Waals surface area contributed by atoms with Gasteiger partial charge in [-0.15, -0.1) is 6.58 Å². The van der Waals surface area contributed by atoms with Crippen LogP contribution in [-0.4, -0.2) is 126 Å². The number of alkyl halides is 3. The fourth-order valence-corrected chi connectivity index (χ4v) is 15.1. The van der Waals surface area contributed by atoms with E-state index in [-0.39, 0.29) is 89.1 Å². The van der Waals surface area contributed by atoms with E-state index < -0.39 is 41.3 Å². The van der Waals surface area contributed by atoms with Crippen LogP contribution in [0.3, 0.4) is 0 Å². The van der Waals surface area contributed by atoms with Crippen LogP contribution in [0.1, 0.15) is 173 Å². The minimum Gasteiger partial charge on any atom is -0.444 e. The third kappa shape index (κ3) is 17.7. The number of benzene rings is 3. The van der Waals surface area contributed by atoms with Gasteiger partial charge in [0.1, 0.15) is 11.2 Å². The molecule has 13 rings (SSSR count). The number of hydrogen-bond donors (Lipinski definition) is 3. The zero-order valence-electron chi connectivity index (χ0n) is 62.5. The highest BCUT2D eigenvalue weighted by atomic mass is 79.9. The number of rotatable bonds is 15. The molecular formula is C78H99BBrF6N9O10. The Balaban J connectivity index is 0.000000157. The van der Waals surface area contributed by atoms with Crippen LogP contribution in [0.25, 0.3) is 44.9 Å². The SMILES string of the molecule is C=CB1OC(C)(C)C(C)(C)O1.C=Cc1c(F)c(N2CCC(CNC(=O)C(F)(F)F)C2)c(C)c2c1ccc(=O)n2C1CC1.C=Cc1c(F)c(N2CCC(CNC(=O)OC(C)(C)C)C2)c(C)c2c1ccc(=O)n2C1CC1.Cc1c(N2CCC(CNC(=O)OC(C)(C)C)C2)c(F)c(Br)c2ccc(=O)n(C3CC3)c12. The van der Waals surface area contributed by atoms with Gasteiger partial charge < -0.3 is 63.1 Å². The number of carbonyl (C=O) groups is 3. The summed E-state index contributed by atoms with van der Waals surface area (Å²) in [5, 5.41) is 9.65. The largest absolute Gasteiger partial charge is 0.486 e. The Morgan fingerprint density at radius 1 is 0.533 bits per heavy atom. The Kier molecular flexibility index (Phi) is 23.5. The Morgan fingerprint density at radius 2 is 0.848 bits per heavy atom. The van der Waals surface area contributed by atoms with Gasteiger partial charge in [-0.3, -0.25) is 19.2 Å². The predicted octanol–water partition coefficient (Wildman–Crippen LogP) is 15.4. The second-order valence-electron chi connectivity index (χ2n) is 31.7. The monoisotopic (exact) mass is 1530 g/mol. The molecule has 27 heteroatoms. The van der Waals surface area contributed by atoms with Gasteiger partial charge in [-0.25, -0.2) is 22.8 Å². The van der Waals surface area contributed by atoms with Crippen molar-refractivity contribution in [3.05, 3.63) is 143 Å². The molecule has 4 saturated heterocycles. The lowest BCUT2D eigenvalue weighted by Crippen LogP contribution is -2.41. The summed E-state index contributed by atoms with van der Waals surface area (Å²) < 4.78 is 112. The third-order valence-corrected chi connectivity index (χ3v) is 21.5. The maximum absolute atomic E-state index is 15.7. The van der Waals surface area contributed by atoms with Gasteiger partial charge in [0.2, 0.25) is 0 Å². The van der Waals surface area contributed by atoms with E-state index >= 15 is 13.2 Å². The lowest BCUT2D eigenvalue weighted by atomic mass is 9.90. The van der Waals surface area contributed by atoms with Crippen LogP contribution in [0, 0.1) is 56.0 Å². The third-order valence-electron chi connectivity index (χ3n) is 20.7. The summed E-state index contributed by atoms with van der Waals surface area (Å²) in [6.45, 7) is 40.0. The smallest absolute Gasteiger partial charge is 0.444 e. The first-order valence-electron chi connectivity index (χ1n) is 36.2. The van der Waals surface area contributed by atoms with Crippen molar-refractivity contribution in [3.63, 3.8) is 0 Å². The summed E-state index contributed by atoms with van der Waals surface area (Å²) in [4.78, 5) is 78.7. The van der Waals surface area contributed by atoms with Gasteiger partial charge in [-0.2, -0.15) is 13.2 Å². The van der Waals surface area contributed by atoms with E-state index in [2.05, 4.69) is 46.3 Å². The molecule has 568 valence electrons. The lowest BCUT2D eigenvalue weighted by molar-refractivity contribution is -0.173. The van der Waals surface area contributed by atoms with Gasteiger partial charge in [-0.05, 0) is 216 Å². The van der Waals surface area contributed by atoms with Gasteiger partial charge >= 0.3 is 31.4 Å². The predicted molar refractivity (Wildman–Crippen MR) is 406 cm³/mol. The fraction of sp³-hybridized carbons (Fsp3) is 0.538. The Bertz CT molecular complexity index is 4550. The molecule has 0 spiro atoms. The fourth-order valence-electron chi connectivity index (χ4n) is 14.6. The molecule has 7 aliphatic rings. The molecule has 0 radical (unpaired) electrons. The molecule has 7 heterocycles. The molecule has 3 aliphatic carbocycles. The van der Waals surface area contributed by atoms with Crippen LogP contribution in [0.2, 0.25) is 0 Å². The van der Waals surface area contributed by atoms with Crippen molar-refractivity contribution in [2.24, 2.45) is 17.8 Å². The van der Waals surface area contributed by atoms with Crippen molar-refractivity contribution in [2.75, 3.05) is 73.6 Å². The number of hydrogen-bond acceptors (Lipinski definition) is 13. The molecule has 3 unspecified atom stereocenters. The standard InChI is InChI=1S/C25H32FN3O3.C23H29BrFN3O3.C22H23F4N3O2.C8H15BO2/c1-6-18-19-9-10-20(30)29(17-7-8-17)22(19)15(2)23(21(18)26)28-12-11-16(14-28)13-27-24(31)32-25(3,4)5;1-13-20-16(7-8-17(29)28(20)15-5-6-15)18(24)19(25)21(13)27-10-9-14(12-27)11-26-22(30)31-23(2,3)4;1-3-15-16-6-7-17(30)29(14-4-5-14)19(16)12(2)20(18(15)23)28-9-8-13(11-28)10-27-21(31)22(24,25)26;1-6-9-10-7(2,3)8(4,5)11-9/h6,9-10,16-17H,1,7-8,11-14H2,2-5H3,(H,27,31);7-8,14-15H,5-6,9-12H2,1-4H3,(H,26,30);3,6-7,13-14H,1,4-5,8-11H2,2H3,(H,27,31);6H,1H2,2-5H3. The van der Waals surface area contributed by atoms with E-state index in [0.717, 1.165) is 84.3 Å². The number of amides is 3. The Morgan fingerprint density at radius 3 is 1.14 bits per heavy atom. The molecule has 4 aliphatic heterocycles. The molecule has 3 atom stereocenters. The highest BCUT2D eigenvalue weighted by Gasteiger charge is 2.50. The van der Waals surface area contributed by atoms with E-state index in [1.165, 1.54) is 24.3 Å². The molecule has 3 saturated carbocycles. The molecule has 0 bridgehead atoms. The van der Waals surface area contributed by atoms with E-state index in [9.17, 15) is 41.9 Å². The lowest BCUT2D eigenvalue weighted by Gasteiger charge is -2.32. The first-order valence-corrected chi connectivity index (χ1v) is 37.0. The summed E-state index contributed by atoms with van der Waals surface area (Å²) in [7, 11) is -0.250. The summed E-state index contributed by atoms with van der Waals surface area (Å²) >= 11 is 3.44. The molecule has 3 aromatic carbocycles. The molecule has 3 aromatic heterocycles. The van der Waals surface area contributed by atoms with Crippen LogP contribution in [-0.2, 0) is 23.6 Å². The zero-order chi connectivity index (χ0) is 76.9.